The number of β-amino-alcohol motifs (C(OH)–C–C–N with tert-alkyl or cyclic N) is 1. The molecule has 0 radical (unpaired) electrons. The molecule has 1 fully saturated rings. The van der Waals surface area contributed by atoms with Crippen LogP contribution < -0.4 is 0 Å². The highest BCUT2D eigenvalue weighted by Gasteiger charge is 2.14. The van der Waals surface area contributed by atoms with Gasteiger partial charge in [-0.1, -0.05) is 38.5 Å². The molecule has 1 heterocycles. The molecule has 1 saturated heterocycles. The molecule has 0 spiro atoms. The summed E-state index contributed by atoms with van der Waals surface area (Å²) in [6, 6.07) is 0. The number of nitrogens with zero attached hydrogens (tertiary/aromatic N) is 1. The van der Waals surface area contributed by atoms with Crippen molar-refractivity contribution in [1.82, 2.24) is 4.90 Å². The molecule has 19 heavy (non-hydrogen) atoms. The third kappa shape index (κ3) is 9.38. The summed E-state index contributed by atoms with van der Waals surface area (Å²) in [7, 11) is 0. The molecule has 0 aromatic heterocycles. The van der Waals surface area contributed by atoms with Crippen LogP contribution in [0.15, 0.2) is 0 Å². The van der Waals surface area contributed by atoms with Crippen LogP contribution in [0.4, 0.5) is 0 Å². The Morgan fingerprint density at radius 3 is 2.11 bits per heavy atom. The van der Waals surface area contributed by atoms with Crippen LogP contribution in [-0.2, 0) is 4.74 Å². The average Bonchev–Trinajstić information content (AvgIpc) is 2.43. The fraction of sp³-hybridized carbons (Fsp3) is 1.00. The maximum atomic E-state index is 9.96. The molecule has 0 amide bonds. The lowest BCUT2D eigenvalue weighted by Crippen LogP contribution is -2.40. The summed E-state index contributed by atoms with van der Waals surface area (Å²) in [6.07, 6.45) is 8.95. The summed E-state index contributed by atoms with van der Waals surface area (Å²) in [5.41, 5.74) is 0. The van der Waals surface area contributed by atoms with Crippen molar-refractivity contribution < 1.29 is 14.9 Å². The number of ether oxygens (including phenoxy) is 1. The number of morpholine rings is 1. The smallest absolute Gasteiger partial charge is 0.0667 e. The zero-order chi connectivity index (χ0) is 13.8. The topological polar surface area (TPSA) is 52.9 Å². The van der Waals surface area contributed by atoms with E-state index in [2.05, 4.69) is 4.90 Å². The summed E-state index contributed by atoms with van der Waals surface area (Å²) in [5, 5.41) is 18.6. The molecular formula is C15H31NO3. The largest absolute Gasteiger partial charge is 0.396 e. The third-order valence-electron chi connectivity index (χ3n) is 3.77. The number of hydrogen-bond acceptors (Lipinski definition) is 4. The minimum Gasteiger partial charge on any atom is -0.396 e. The van der Waals surface area contributed by atoms with Crippen LogP contribution >= 0.6 is 0 Å². The minimum atomic E-state index is -0.174. The zero-order valence-electron chi connectivity index (χ0n) is 12.2. The Hall–Kier alpha value is -0.160. The van der Waals surface area contributed by atoms with Gasteiger partial charge in [0.15, 0.2) is 0 Å². The average molecular weight is 273 g/mol. The molecule has 4 heteroatoms. The Bertz CT molecular complexity index is 196. The van der Waals surface area contributed by atoms with Crippen molar-refractivity contribution in [1.29, 1.82) is 0 Å². The second kappa shape index (κ2) is 11.6. The molecule has 1 unspecified atom stereocenters. The molecule has 0 aromatic rings. The van der Waals surface area contributed by atoms with E-state index in [1.165, 1.54) is 25.7 Å². The van der Waals surface area contributed by atoms with Crippen molar-refractivity contribution in [2.75, 3.05) is 39.5 Å². The molecule has 1 rings (SSSR count). The molecule has 1 aliphatic rings. The second-order valence-corrected chi connectivity index (χ2v) is 5.55. The first-order valence-electron chi connectivity index (χ1n) is 7.92. The van der Waals surface area contributed by atoms with Gasteiger partial charge in [0.2, 0.25) is 0 Å². The van der Waals surface area contributed by atoms with Crippen LogP contribution in [0.3, 0.4) is 0 Å². The van der Waals surface area contributed by atoms with Gasteiger partial charge in [-0.2, -0.15) is 0 Å². The highest BCUT2D eigenvalue weighted by molar-refractivity contribution is 4.67. The van der Waals surface area contributed by atoms with Crippen LogP contribution in [0.25, 0.3) is 0 Å². The van der Waals surface area contributed by atoms with E-state index in [0.29, 0.717) is 6.61 Å². The summed E-state index contributed by atoms with van der Waals surface area (Å²) < 4.78 is 5.30. The molecule has 1 atom stereocenters. The molecule has 0 aromatic carbocycles. The van der Waals surface area contributed by atoms with Gasteiger partial charge in [-0.05, 0) is 12.8 Å². The van der Waals surface area contributed by atoms with Gasteiger partial charge in [0.25, 0.3) is 0 Å². The monoisotopic (exact) mass is 273 g/mol. The van der Waals surface area contributed by atoms with Gasteiger partial charge in [-0.15, -0.1) is 0 Å². The van der Waals surface area contributed by atoms with Crippen molar-refractivity contribution in [3.05, 3.63) is 0 Å². The lowest BCUT2D eigenvalue weighted by atomic mass is 10.1. The van der Waals surface area contributed by atoms with Crippen molar-refractivity contribution in [3.63, 3.8) is 0 Å². The molecule has 0 bridgehead atoms. The van der Waals surface area contributed by atoms with E-state index in [9.17, 15) is 5.11 Å². The maximum absolute atomic E-state index is 9.96. The predicted molar refractivity (Wildman–Crippen MR) is 77.3 cm³/mol. The first-order valence-corrected chi connectivity index (χ1v) is 7.92. The lowest BCUT2D eigenvalue weighted by molar-refractivity contribution is 0.0127. The summed E-state index contributed by atoms with van der Waals surface area (Å²) in [4.78, 5) is 2.29. The Morgan fingerprint density at radius 2 is 1.47 bits per heavy atom. The van der Waals surface area contributed by atoms with Gasteiger partial charge in [-0.25, -0.2) is 0 Å². The molecule has 114 valence electrons. The van der Waals surface area contributed by atoms with E-state index in [1.807, 2.05) is 0 Å². The van der Waals surface area contributed by atoms with Crippen LogP contribution in [0.1, 0.15) is 51.4 Å². The van der Waals surface area contributed by atoms with Gasteiger partial charge in [0.05, 0.1) is 19.3 Å². The number of rotatable bonds is 11. The molecule has 0 saturated carbocycles. The Kier molecular flexibility index (Phi) is 10.4. The van der Waals surface area contributed by atoms with E-state index >= 15 is 0 Å². The van der Waals surface area contributed by atoms with Crippen molar-refractivity contribution >= 4 is 0 Å². The fourth-order valence-electron chi connectivity index (χ4n) is 2.55. The fourth-order valence-corrected chi connectivity index (χ4v) is 2.55. The SMILES string of the molecule is OCCCCCCCCCC(O)CN1CCOCC1. The van der Waals surface area contributed by atoms with E-state index in [0.717, 1.165) is 58.5 Å². The van der Waals surface area contributed by atoms with Crippen LogP contribution in [0.5, 0.6) is 0 Å². The normalized spacial score (nSPS) is 18.6. The molecule has 0 aliphatic carbocycles. The highest BCUT2D eigenvalue weighted by atomic mass is 16.5. The van der Waals surface area contributed by atoms with Crippen LogP contribution in [0.2, 0.25) is 0 Å². The van der Waals surface area contributed by atoms with E-state index in [4.69, 9.17) is 9.84 Å². The quantitative estimate of drug-likeness (QED) is 0.564. The first-order chi connectivity index (χ1) is 9.33. The number of unbranched alkanes of at least 4 members (excludes halogenated alkanes) is 6. The summed E-state index contributed by atoms with van der Waals surface area (Å²) in [6.45, 7) is 4.67. The van der Waals surface area contributed by atoms with Crippen molar-refractivity contribution in [2.45, 2.75) is 57.5 Å². The van der Waals surface area contributed by atoms with E-state index in [-0.39, 0.29) is 6.10 Å². The van der Waals surface area contributed by atoms with Crippen LogP contribution in [0, 0.1) is 0 Å². The predicted octanol–water partition coefficient (Wildman–Crippen LogP) is 1.79. The highest BCUT2D eigenvalue weighted by Crippen LogP contribution is 2.10. The van der Waals surface area contributed by atoms with Crippen LogP contribution in [-0.4, -0.2) is 60.7 Å². The summed E-state index contributed by atoms with van der Waals surface area (Å²) in [5.74, 6) is 0. The Morgan fingerprint density at radius 1 is 0.895 bits per heavy atom. The lowest BCUT2D eigenvalue weighted by Gasteiger charge is -2.28. The van der Waals surface area contributed by atoms with E-state index in [1.54, 1.807) is 0 Å². The van der Waals surface area contributed by atoms with Gasteiger partial charge in [0.1, 0.15) is 0 Å². The Labute approximate surface area is 117 Å². The van der Waals surface area contributed by atoms with Gasteiger partial charge < -0.3 is 14.9 Å². The molecule has 4 nitrogen and oxygen atoms in total. The standard InChI is InChI=1S/C15H31NO3/c17-11-7-5-3-1-2-4-6-8-15(18)14-16-9-12-19-13-10-16/h15,17-18H,1-14H2. The Balaban J connectivity index is 1.85. The molecule has 2 N–H and O–H groups in total. The van der Waals surface area contributed by atoms with Crippen molar-refractivity contribution in [2.24, 2.45) is 0 Å². The zero-order valence-corrected chi connectivity index (χ0v) is 12.2. The van der Waals surface area contributed by atoms with E-state index < -0.39 is 0 Å². The third-order valence-corrected chi connectivity index (χ3v) is 3.77. The summed E-state index contributed by atoms with van der Waals surface area (Å²) >= 11 is 0. The number of aliphatic hydroxyl groups excluding tert-OH is 2. The molecule has 1 aliphatic heterocycles. The molecular weight excluding hydrogens is 242 g/mol. The van der Waals surface area contributed by atoms with Gasteiger partial charge >= 0.3 is 0 Å². The van der Waals surface area contributed by atoms with Crippen molar-refractivity contribution in [3.8, 4) is 0 Å². The first kappa shape index (κ1) is 16.9. The number of aliphatic hydroxyl groups is 2. The second-order valence-electron chi connectivity index (χ2n) is 5.55. The minimum absolute atomic E-state index is 0.174. The maximum Gasteiger partial charge on any atom is 0.0667 e. The van der Waals surface area contributed by atoms with Gasteiger partial charge in [0, 0.05) is 26.2 Å². The van der Waals surface area contributed by atoms with Gasteiger partial charge in [-0.3, -0.25) is 4.90 Å². The number of hydrogen-bond donors (Lipinski definition) is 2.